The maximum Gasteiger partial charge on any atom is 0.283 e. The normalized spacial score (nSPS) is 11.4. The Morgan fingerprint density at radius 2 is 2.04 bits per heavy atom. The van der Waals surface area contributed by atoms with Crippen molar-refractivity contribution in [3.05, 3.63) is 63.9 Å². The summed E-state index contributed by atoms with van der Waals surface area (Å²) in [6.07, 6.45) is 0. The summed E-state index contributed by atoms with van der Waals surface area (Å²) >= 11 is 7.65. The van der Waals surface area contributed by atoms with Gasteiger partial charge >= 0.3 is 0 Å². The van der Waals surface area contributed by atoms with Gasteiger partial charge in [-0.3, -0.25) is 9.36 Å². The molecule has 0 aliphatic carbocycles. The van der Waals surface area contributed by atoms with Gasteiger partial charge in [0.05, 0.1) is 5.69 Å². The van der Waals surface area contributed by atoms with Gasteiger partial charge in [-0.15, -0.1) is 0 Å². The number of halogens is 1. The van der Waals surface area contributed by atoms with E-state index in [0.29, 0.717) is 21.2 Å². The van der Waals surface area contributed by atoms with Crippen LogP contribution in [0.25, 0.3) is 27.6 Å². The van der Waals surface area contributed by atoms with Crippen molar-refractivity contribution in [3.8, 4) is 5.69 Å². The number of thioether (sulfide) groups is 1. The van der Waals surface area contributed by atoms with Crippen molar-refractivity contribution in [2.24, 2.45) is 0 Å². The Hall–Kier alpha value is -2.24. The van der Waals surface area contributed by atoms with E-state index < -0.39 is 0 Å². The van der Waals surface area contributed by atoms with Gasteiger partial charge in [0.25, 0.3) is 5.56 Å². The highest BCUT2D eigenvalue weighted by Gasteiger charge is 2.16. The first-order chi connectivity index (χ1) is 11.7. The molecule has 1 N–H and O–H groups in total. The molecule has 0 spiro atoms. The number of para-hydroxylation sites is 1. The average molecular weight is 356 g/mol. The van der Waals surface area contributed by atoms with E-state index >= 15 is 0 Å². The second kappa shape index (κ2) is 6.00. The molecule has 0 amide bonds. The second-order valence-corrected chi connectivity index (χ2v) is 7.01. The Kier molecular flexibility index (Phi) is 3.82. The van der Waals surface area contributed by atoms with Crippen LogP contribution >= 0.6 is 23.4 Å². The van der Waals surface area contributed by atoms with Crippen LogP contribution in [0.2, 0.25) is 5.02 Å². The van der Waals surface area contributed by atoms with Crippen LogP contribution in [0.5, 0.6) is 0 Å². The summed E-state index contributed by atoms with van der Waals surface area (Å²) in [5.41, 5.74) is 2.74. The fourth-order valence-electron chi connectivity index (χ4n) is 2.81. The highest BCUT2D eigenvalue weighted by atomic mass is 35.5. The quantitative estimate of drug-likeness (QED) is 0.430. The molecule has 0 saturated heterocycles. The molecule has 0 aliphatic rings. The molecule has 2 heterocycles. The zero-order valence-corrected chi connectivity index (χ0v) is 14.5. The molecule has 120 valence electrons. The van der Waals surface area contributed by atoms with Crippen LogP contribution in [0.1, 0.15) is 6.92 Å². The number of H-pyrrole nitrogens is 1. The van der Waals surface area contributed by atoms with Crippen LogP contribution in [-0.4, -0.2) is 20.3 Å². The molecule has 4 aromatic rings. The summed E-state index contributed by atoms with van der Waals surface area (Å²) in [4.78, 5) is 21.1. The molecule has 0 saturated carbocycles. The van der Waals surface area contributed by atoms with Crippen molar-refractivity contribution >= 4 is 45.3 Å². The highest BCUT2D eigenvalue weighted by molar-refractivity contribution is 7.99. The lowest BCUT2D eigenvalue weighted by Crippen LogP contribution is -2.21. The molecule has 0 radical (unpaired) electrons. The van der Waals surface area contributed by atoms with Crippen LogP contribution in [0.4, 0.5) is 0 Å². The predicted molar refractivity (Wildman–Crippen MR) is 101 cm³/mol. The molecule has 24 heavy (non-hydrogen) atoms. The molecule has 4 rings (SSSR count). The van der Waals surface area contributed by atoms with Crippen molar-refractivity contribution in [1.82, 2.24) is 14.5 Å². The molecule has 0 fully saturated rings. The Labute approximate surface area is 147 Å². The lowest BCUT2D eigenvalue weighted by molar-refractivity contribution is 0.819. The lowest BCUT2D eigenvalue weighted by atomic mass is 10.2. The first kappa shape index (κ1) is 15.3. The summed E-state index contributed by atoms with van der Waals surface area (Å²) in [7, 11) is 0. The first-order valence-corrected chi connectivity index (χ1v) is 8.97. The smallest absolute Gasteiger partial charge is 0.283 e. The molecule has 0 atom stereocenters. The minimum absolute atomic E-state index is 0.116. The van der Waals surface area contributed by atoms with Crippen molar-refractivity contribution in [2.75, 3.05) is 5.75 Å². The van der Waals surface area contributed by atoms with Gasteiger partial charge in [-0.1, -0.05) is 54.6 Å². The van der Waals surface area contributed by atoms with Crippen molar-refractivity contribution in [2.45, 2.75) is 12.1 Å². The lowest BCUT2D eigenvalue weighted by Gasteiger charge is -2.11. The predicted octanol–water partition coefficient (Wildman–Crippen LogP) is 4.63. The average Bonchev–Trinajstić information content (AvgIpc) is 2.95. The zero-order chi connectivity index (χ0) is 16.7. The van der Waals surface area contributed by atoms with Gasteiger partial charge in [-0.25, -0.2) is 4.98 Å². The number of hydrogen-bond donors (Lipinski definition) is 1. The maximum atomic E-state index is 13.1. The van der Waals surface area contributed by atoms with Gasteiger partial charge < -0.3 is 4.98 Å². The molecule has 6 heteroatoms. The number of nitrogens with one attached hydrogen (secondary N) is 1. The van der Waals surface area contributed by atoms with E-state index in [9.17, 15) is 4.79 Å². The van der Waals surface area contributed by atoms with E-state index in [4.69, 9.17) is 16.6 Å². The van der Waals surface area contributed by atoms with Crippen molar-refractivity contribution in [3.63, 3.8) is 0 Å². The van der Waals surface area contributed by atoms with Gasteiger partial charge in [0.15, 0.2) is 5.16 Å². The van der Waals surface area contributed by atoms with Crippen LogP contribution in [0.15, 0.2) is 58.5 Å². The topological polar surface area (TPSA) is 50.7 Å². The number of benzene rings is 2. The van der Waals surface area contributed by atoms with Crippen molar-refractivity contribution in [1.29, 1.82) is 0 Å². The SMILES string of the molecule is CCSc1nc2c([nH]c3ccccc32)c(=O)n1-c1cccc(Cl)c1. The zero-order valence-electron chi connectivity index (χ0n) is 12.9. The van der Waals surface area contributed by atoms with Gasteiger partial charge in [0, 0.05) is 15.9 Å². The number of nitrogens with zero attached hydrogens (tertiary/aromatic N) is 2. The molecule has 0 aliphatic heterocycles. The van der Waals surface area contributed by atoms with Crippen LogP contribution < -0.4 is 5.56 Å². The minimum atomic E-state index is -0.116. The Morgan fingerprint density at radius 3 is 2.83 bits per heavy atom. The molecule has 4 nitrogen and oxygen atoms in total. The summed E-state index contributed by atoms with van der Waals surface area (Å²) < 4.78 is 1.62. The number of hydrogen-bond acceptors (Lipinski definition) is 3. The van der Waals surface area contributed by atoms with E-state index in [0.717, 1.165) is 22.3 Å². The Bertz CT molecular complexity index is 1120. The summed E-state index contributed by atoms with van der Waals surface area (Å²) in [5, 5.41) is 2.21. The first-order valence-electron chi connectivity index (χ1n) is 7.61. The number of aromatic nitrogens is 3. The van der Waals surface area contributed by atoms with Crippen LogP contribution in [0, 0.1) is 0 Å². The van der Waals surface area contributed by atoms with E-state index in [1.54, 1.807) is 16.7 Å². The fourth-order valence-corrected chi connectivity index (χ4v) is 3.73. The fraction of sp³-hybridized carbons (Fsp3) is 0.111. The third-order valence-electron chi connectivity index (χ3n) is 3.83. The van der Waals surface area contributed by atoms with E-state index in [1.807, 2.05) is 43.3 Å². The van der Waals surface area contributed by atoms with E-state index in [-0.39, 0.29) is 5.56 Å². The number of rotatable bonds is 3. The summed E-state index contributed by atoms with van der Waals surface area (Å²) in [6.45, 7) is 2.04. The van der Waals surface area contributed by atoms with Gasteiger partial charge in [0.1, 0.15) is 11.0 Å². The molecular weight excluding hydrogens is 342 g/mol. The van der Waals surface area contributed by atoms with Crippen molar-refractivity contribution < 1.29 is 0 Å². The second-order valence-electron chi connectivity index (χ2n) is 5.34. The number of aromatic amines is 1. The Balaban J connectivity index is 2.12. The molecule has 2 aromatic heterocycles. The highest BCUT2D eigenvalue weighted by Crippen LogP contribution is 2.26. The summed E-state index contributed by atoms with van der Waals surface area (Å²) in [6, 6.07) is 15.1. The minimum Gasteiger partial charge on any atom is -0.349 e. The standard InChI is InChI=1S/C18H14ClN3OS/c1-2-24-18-21-15-13-8-3-4-9-14(13)20-16(15)17(23)22(18)12-7-5-6-11(19)10-12/h3-10,20H,2H2,1H3. The third-order valence-corrected chi connectivity index (χ3v) is 4.89. The molecular formula is C18H14ClN3OS. The van der Waals surface area contributed by atoms with Crippen LogP contribution in [-0.2, 0) is 0 Å². The van der Waals surface area contributed by atoms with E-state index in [1.165, 1.54) is 11.8 Å². The monoisotopic (exact) mass is 355 g/mol. The third kappa shape index (κ3) is 2.41. The maximum absolute atomic E-state index is 13.1. The van der Waals surface area contributed by atoms with Crippen LogP contribution in [0.3, 0.4) is 0 Å². The largest absolute Gasteiger partial charge is 0.349 e. The van der Waals surface area contributed by atoms with Gasteiger partial charge in [-0.05, 0) is 30.0 Å². The Morgan fingerprint density at radius 1 is 1.21 bits per heavy atom. The van der Waals surface area contributed by atoms with E-state index in [2.05, 4.69) is 4.98 Å². The molecule has 0 bridgehead atoms. The molecule has 0 unspecified atom stereocenters. The van der Waals surface area contributed by atoms with Gasteiger partial charge in [-0.2, -0.15) is 0 Å². The molecule has 2 aromatic carbocycles. The number of fused-ring (bicyclic) bond motifs is 3. The summed E-state index contributed by atoms with van der Waals surface area (Å²) in [5.74, 6) is 0.820. The van der Waals surface area contributed by atoms with Gasteiger partial charge in [0.2, 0.25) is 0 Å².